The molecular formula is C17H22BClN2O2. The van der Waals surface area contributed by atoms with Crippen LogP contribution in [0, 0.1) is 5.92 Å². The molecule has 2 aromatic heterocycles. The first-order chi connectivity index (χ1) is 10.8. The van der Waals surface area contributed by atoms with Crippen molar-refractivity contribution in [2.75, 3.05) is 0 Å². The molecule has 0 aromatic carbocycles. The maximum absolute atomic E-state index is 6.25. The minimum Gasteiger partial charge on any atom is -0.398 e. The van der Waals surface area contributed by atoms with Crippen molar-refractivity contribution in [2.45, 2.75) is 58.3 Å². The third-order valence-electron chi connectivity index (χ3n) is 5.37. The second kappa shape index (κ2) is 4.98. The van der Waals surface area contributed by atoms with E-state index in [9.17, 15) is 0 Å². The van der Waals surface area contributed by atoms with Crippen molar-refractivity contribution >= 4 is 35.3 Å². The second-order valence-corrected chi connectivity index (χ2v) is 8.15. The highest BCUT2D eigenvalue weighted by Crippen LogP contribution is 2.37. The molecule has 2 aliphatic rings. The molecule has 1 aliphatic carbocycles. The Morgan fingerprint density at radius 3 is 2.48 bits per heavy atom. The molecule has 0 amide bonds. The lowest BCUT2D eigenvalue weighted by Crippen LogP contribution is -2.41. The van der Waals surface area contributed by atoms with Crippen LogP contribution in [0.3, 0.4) is 0 Å². The van der Waals surface area contributed by atoms with Crippen LogP contribution in [0.5, 0.6) is 0 Å². The fraction of sp³-hybridized carbons (Fsp3) is 0.588. The summed E-state index contributed by atoms with van der Waals surface area (Å²) in [6.07, 6.45) is 2.56. The van der Waals surface area contributed by atoms with Gasteiger partial charge >= 0.3 is 7.12 Å². The molecule has 0 bridgehead atoms. The lowest BCUT2D eigenvalue weighted by atomic mass is 9.84. The Labute approximate surface area is 142 Å². The number of hydrogen-bond acceptors (Lipinski definition) is 3. The van der Waals surface area contributed by atoms with Crippen LogP contribution in [0.4, 0.5) is 0 Å². The highest BCUT2D eigenvalue weighted by atomic mass is 35.5. The molecule has 23 heavy (non-hydrogen) atoms. The van der Waals surface area contributed by atoms with E-state index in [2.05, 4.69) is 43.3 Å². The zero-order valence-electron chi connectivity index (χ0n) is 14.1. The number of rotatable bonds is 3. The summed E-state index contributed by atoms with van der Waals surface area (Å²) in [7, 11) is -0.369. The average molecular weight is 333 g/mol. The first-order valence-electron chi connectivity index (χ1n) is 8.28. The van der Waals surface area contributed by atoms with E-state index in [1.165, 1.54) is 12.8 Å². The van der Waals surface area contributed by atoms with Gasteiger partial charge in [0, 0.05) is 11.9 Å². The van der Waals surface area contributed by atoms with E-state index in [1.54, 1.807) is 0 Å². The summed E-state index contributed by atoms with van der Waals surface area (Å²) in [6.45, 7) is 9.27. The summed E-state index contributed by atoms with van der Waals surface area (Å²) in [5.41, 5.74) is 1.28. The Morgan fingerprint density at radius 1 is 1.22 bits per heavy atom. The molecule has 2 aromatic rings. The third-order valence-corrected chi connectivity index (χ3v) is 5.58. The van der Waals surface area contributed by atoms with Crippen LogP contribution >= 0.6 is 11.6 Å². The van der Waals surface area contributed by atoms with Crippen molar-refractivity contribution in [3.05, 3.63) is 23.4 Å². The maximum atomic E-state index is 6.25. The number of halogens is 1. The van der Waals surface area contributed by atoms with Crippen LogP contribution in [-0.2, 0) is 15.9 Å². The van der Waals surface area contributed by atoms with Crippen molar-refractivity contribution in [3.63, 3.8) is 0 Å². The van der Waals surface area contributed by atoms with Crippen molar-refractivity contribution in [1.29, 1.82) is 0 Å². The number of pyridine rings is 1. The molecule has 1 saturated heterocycles. The van der Waals surface area contributed by atoms with Gasteiger partial charge in [0.2, 0.25) is 0 Å². The number of aromatic nitrogens is 2. The standard InChI is InChI=1S/C17H22BClN2O2/c1-16(2)17(3,4)23-18(22-16)13-9-12-7-8-14(19)20-15(12)21(13)10-11-5-6-11/h7-9,11H,5-6,10H2,1-4H3. The van der Waals surface area contributed by atoms with Crippen LogP contribution in [0.1, 0.15) is 40.5 Å². The number of fused-ring (bicyclic) bond motifs is 1. The van der Waals surface area contributed by atoms with E-state index in [0.717, 1.165) is 29.1 Å². The van der Waals surface area contributed by atoms with Crippen LogP contribution < -0.4 is 5.59 Å². The highest BCUT2D eigenvalue weighted by Gasteiger charge is 2.53. The fourth-order valence-electron chi connectivity index (χ4n) is 3.03. The zero-order chi connectivity index (χ0) is 16.4. The van der Waals surface area contributed by atoms with Gasteiger partial charge in [-0.2, -0.15) is 0 Å². The Bertz CT molecular complexity index is 751. The SMILES string of the molecule is CC1(C)OB(c2cc3ccc(Cl)nc3n2CC2CC2)OC1(C)C. The summed E-state index contributed by atoms with van der Waals surface area (Å²) in [4.78, 5) is 4.54. The van der Waals surface area contributed by atoms with Gasteiger partial charge in [0.1, 0.15) is 10.8 Å². The minimum absolute atomic E-state index is 0.344. The number of hydrogen-bond donors (Lipinski definition) is 0. The molecule has 0 spiro atoms. The van der Waals surface area contributed by atoms with Crippen molar-refractivity contribution in [2.24, 2.45) is 5.92 Å². The third kappa shape index (κ3) is 2.59. The topological polar surface area (TPSA) is 36.3 Å². The van der Waals surface area contributed by atoms with E-state index < -0.39 is 0 Å². The van der Waals surface area contributed by atoms with Gasteiger partial charge in [-0.15, -0.1) is 0 Å². The lowest BCUT2D eigenvalue weighted by Gasteiger charge is -2.32. The molecule has 3 heterocycles. The number of nitrogens with zero attached hydrogens (tertiary/aromatic N) is 2. The van der Waals surface area contributed by atoms with Crippen molar-refractivity contribution < 1.29 is 9.31 Å². The van der Waals surface area contributed by atoms with Gasteiger partial charge in [0.05, 0.1) is 16.8 Å². The molecule has 4 nitrogen and oxygen atoms in total. The first kappa shape index (κ1) is 15.5. The van der Waals surface area contributed by atoms with Gasteiger partial charge in [-0.1, -0.05) is 11.6 Å². The Hall–Kier alpha value is -1.04. The van der Waals surface area contributed by atoms with Crippen LogP contribution in [0.2, 0.25) is 5.15 Å². The zero-order valence-corrected chi connectivity index (χ0v) is 14.9. The summed E-state index contributed by atoms with van der Waals surface area (Å²) in [6, 6.07) is 5.98. The first-order valence-corrected chi connectivity index (χ1v) is 8.66. The predicted octanol–water partition coefficient (Wildman–Crippen LogP) is 3.40. The van der Waals surface area contributed by atoms with Crippen molar-refractivity contribution in [1.82, 2.24) is 9.55 Å². The highest BCUT2D eigenvalue weighted by molar-refractivity contribution is 6.61. The van der Waals surface area contributed by atoms with E-state index in [0.29, 0.717) is 5.15 Å². The van der Waals surface area contributed by atoms with E-state index in [4.69, 9.17) is 20.9 Å². The largest absolute Gasteiger partial charge is 0.512 e. The van der Waals surface area contributed by atoms with Gasteiger partial charge < -0.3 is 13.9 Å². The maximum Gasteiger partial charge on any atom is 0.512 e. The quantitative estimate of drug-likeness (QED) is 0.638. The predicted molar refractivity (Wildman–Crippen MR) is 93.2 cm³/mol. The smallest absolute Gasteiger partial charge is 0.398 e. The second-order valence-electron chi connectivity index (χ2n) is 7.76. The molecule has 1 saturated carbocycles. The summed E-state index contributed by atoms with van der Waals surface area (Å²) >= 11 is 6.12. The molecule has 1 aliphatic heterocycles. The van der Waals surface area contributed by atoms with Crippen molar-refractivity contribution in [3.8, 4) is 0 Å². The average Bonchev–Trinajstić information content (AvgIpc) is 3.15. The van der Waals surface area contributed by atoms with Gasteiger partial charge in [0.15, 0.2) is 0 Å². The Morgan fingerprint density at radius 2 is 1.87 bits per heavy atom. The molecule has 4 rings (SSSR count). The normalized spacial score (nSPS) is 22.9. The Balaban J connectivity index is 1.80. The monoisotopic (exact) mass is 332 g/mol. The lowest BCUT2D eigenvalue weighted by molar-refractivity contribution is 0.00578. The summed E-state index contributed by atoms with van der Waals surface area (Å²) in [5, 5.41) is 1.60. The van der Waals surface area contributed by atoms with Crippen LogP contribution in [-0.4, -0.2) is 27.9 Å². The van der Waals surface area contributed by atoms with E-state index >= 15 is 0 Å². The molecule has 6 heteroatoms. The van der Waals surface area contributed by atoms with Crippen LogP contribution in [0.25, 0.3) is 11.0 Å². The van der Waals surface area contributed by atoms with E-state index in [-0.39, 0.29) is 18.3 Å². The summed E-state index contributed by atoms with van der Waals surface area (Å²) in [5.74, 6) is 0.729. The molecule has 2 fully saturated rings. The van der Waals surface area contributed by atoms with Gasteiger partial charge in [-0.3, -0.25) is 0 Å². The molecule has 0 atom stereocenters. The molecule has 0 N–H and O–H groups in total. The minimum atomic E-state index is -0.369. The molecule has 0 unspecified atom stereocenters. The van der Waals surface area contributed by atoms with Gasteiger partial charge in [-0.05, 0) is 64.7 Å². The molecular weight excluding hydrogens is 310 g/mol. The molecule has 122 valence electrons. The summed E-state index contributed by atoms with van der Waals surface area (Å²) < 4.78 is 14.7. The van der Waals surface area contributed by atoms with Gasteiger partial charge in [-0.25, -0.2) is 4.98 Å². The Kier molecular flexibility index (Phi) is 3.35. The molecule has 0 radical (unpaired) electrons. The fourth-order valence-corrected chi connectivity index (χ4v) is 3.18. The van der Waals surface area contributed by atoms with Crippen LogP contribution in [0.15, 0.2) is 18.2 Å². The van der Waals surface area contributed by atoms with E-state index in [1.807, 2.05) is 12.1 Å². The van der Waals surface area contributed by atoms with Gasteiger partial charge in [0.25, 0.3) is 0 Å².